The van der Waals surface area contributed by atoms with E-state index in [1.807, 2.05) is 49.4 Å². The van der Waals surface area contributed by atoms with Crippen molar-refractivity contribution in [3.8, 4) is 0 Å². The fourth-order valence-corrected chi connectivity index (χ4v) is 3.08. The van der Waals surface area contributed by atoms with Crippen molar-refractivity contribution in [1.29, 1.82) is 0 Å². The summed E-state index contributed by atoms with van der Waals surface area (Å²) in [5.41, 5.74) is 3.45. The minimum Gasteiger partial charge on any atom is -0.390 e. The van der Waals surface area contributed by atoms with Crippen LogP contribution in [0.4, 0.5) is 5.69 Å². The second kappa shape index (κ2) is 6.84. The van der Waals surface area contributed by atoms with Gasteiger partial charge in [-0.1, -0.05) is 49.4 Å². The zero-order valence-corrected chi connectivity index (χ0v) is 13.5. The van der Waals surface area contributed by atoms with Gasteiger partial charge in [0.05, 0.1) is 12.1 Å². The lowest BCUT2D eigenvalue weighted by molar-refractivity contribution is -0.137. The molecule has 1 aliphatic rings. The summed E-state index contributed by atoms with van der Waals surface area (Å²) in [6, 6.07) is 14.3. The minimum absolute atomic E-state index is 0.474. The summed E-state index contributed by atoms with van der Waals surface area (Å²) in [6.45, 7) is 1.98. The average molecular weight is 324 g/mol. The summed E-state index contributed by atoms with van der Waals surface area (Å²) in [7, 11) is 0. The van der Waals surface area contributed by atoms with Gasteiger partial charge in [0, 0.05) is 12.1 Å². The van der Waals surface area contributed by atoms with Crippen molar-refractivity contribution in [3.05, 3.63) is 65.2 Å². The van der Waals surface area contributed by atoms with E-state index in [-0.39, 0.29) is 0 Å². The predicted molar refractivity (Wildman–Crippen MR) is 91.5 cm³/mol. The van der Waals surface area contributed by atoms with Gasteiger partial charge < -0.3 is 15.7 Å². The Morgan fingerprint density at radius 2 is 1.79 bits per heavy atom. The van der Waals surface area contributed by atoms with Crippen molar-refractivity contribution in [2.75, 3.05) is 5.32 Å². The molecule has 3 rings (SSSR count). The lowest BCUT2D eigenvalue weighted by atomic mass is 10.1. The van der Waals surface area contributed by atoms with Crippen LogP contribution in [0.3, 0.4) is 0 Å². The van der Waals surface area contributed by atoms with Gasteiger partial charge in [-0.05, 0) is 29.2 Å². The van der Waals surface area contributed by atoms with E-state index in [0.717, 1.165) is 23.1 Å². The third-order valence-corrected chi connectivity index (χ3v) is 4.34. The fraction of sp³-hybridized carbons (Fsp3) is 0.263. The molecule has 5 nitrogen and oxygen atoms in total. The van der Waals surface area contributed by atoms with Crippen molar-refractivity contribution in [2.45, 2.75) is 31.9 Å². The van der Waals surface area contributed by atoms with E-state index in [0.29, 0.717) is 12.1 Å². The van der Waals surface area contributed by atoms with Crippen molar-refractivity contribution < 1.29 is 14.7 Å². The number of hydrogen-bond acceptors (Lipinski definition) is 3. The molecular weight excluding hydrogens is 304 g/mol. The molecule has 0 aromatic heterocycles. The number of benzene rings is 2. The van der Waals surface area contributed by atoms with E-state index in [9.17, 15) is 14.7 Å². The summed E-state index contributed by atoms with van der Waals surface area (Å²) in [5, 5.41) is 15.4. The molecule has 2 unspecified atom stereocenters. The van der Waals surface area contributed by atoms with Gasteiger partial charge in [-0.2, -0.15) is 0 Å². The van der Waals surface area contributed by atoms with Crippen molar-refractivity contribution in [3.63, 3.8) is 0 Å². The Hall–Kier alpha value is -2.66. The van der Waals surface area contributed by atoms with Gasteiger partial charge in [0.25, 0.3) is 0 Å². The van der Waals surface area contributed by atoms with Gasteiger partial charge in [0.2, 0.25) is 0 Å². The molecule has 1 aliphatic carbocycles. The number of carbonyl (C=O) groups excluding carboxylic acids is 2. The van der Waals surface area contributed by atoms with E-state index < -0.39 is 24.0 Å². The van der Waals surface area contributed by atoms with E-state index >= 15 is 0 Å². The summed E-state index contributed by atoms with van der Waals surface area (Å²) in [6.07, 6.45) is 0.510. The summed E-state index contributed by atoms with van der Waals surface area (Å²) >= 11 is 0. The largest absolute Gasteiger partial charge is 0.390 e. The van der Waals surface area contributed by atoms with Gasteiger partial charge >= 0.3 is 11.8 Å². The monoisotopic (exact) mass is 324 g/mol. The van der Waals surface area contributed by atoms with Crippen LogP contribution in [0.1, 0.15) is 29.7 Å². The molecule has 2 aromatic rings. The van der Waals surface area contributed by atoms with Crippen LogP contribution in [0.25, 0.3) is 0 Å². The summed E-state index contributed by atoms with van der Waals surface area (Å²) < 4.78 is 0. The zero-order chi connectivity index (χ0) is 17.1. The van der Waals surface area contributed by atoms with E-state index in [2.05, 4.69) is 10.6 Å². The Kier molecular flexibility index (Phi) is 4.62. The van der Waals surface area contributed by atoms with Gasteiger partial charge in [-0.15, -0.1) is 0 Å². The third kappa shape index (κ3) is 3.16. The first-order chi connectivity index (χ1) is 11.6. The van der Waals surface area contributed by atoms with Crippen LogP contribution in [0.15, 0.2) is 48.5 Å². The number of aliphatic hydroxyl groups excluding tert-OH is 1. The van der Waals surface area contributed by atoms with Crippen molar-refractivity contribution >= 4 is 17.5 Å². The Bertz CT molecular complexity index is 773. The Labute approximate surface area is 140 Å². The standard InChI is InChI=1S/C19H20N2O3/c1-2-12-7-4-6-10-15(12)20-18(23)19(24)21-17-14-9-5-3-8-13(14)11-16(17)22/h3-10,16-17,22H,2,11H2,1H3,(H,20,23)(H,21,24). The molecule has 124 valence electrons. The first kappa shape index (κ1) is 16.2. The van der Waals surface area contributed by atoms with Gasteiger partial charge in [-0.3, -0.25) is 9.59 Å². The van der Waals surface area contributed by atoms with Crippen LogP contribution in [0.2, 0.25) is 0 Å². The van der Waals surface area contributed by atoms with E-state index in [1.165, 1.54) is 0 Å². The van der Waals surface area contributed by atoms with Crippen molar-refractivity contribution in [2.24, 2.45) is 0 Å². The Morgan fingerprint density at radius 1 is 1.08 bits per heavy atom. The number of nitrogens with one attached hydrogen (secondary N) is 2. The third-order valence-electron chi connectivity index (χ3n) is 4.34. The zero-order valence-electron chi connectivity index (χ0n) is 13.5. The molecule has 0 bridgehead atoms. The Balaban J connectivity index is 1.70. The Morgan fingerprint density at radius 3 is 2.58 bits per heavy atom. The van der Waals surface area contributed by atoms with Crippen LogP contribution in [0.5, 0.6) is 0 Å². The molecule has 0 aliphatic heterocycles. The quantitative estimate of drug-likeness (QED) is 0.755. The van der Waals surface area contributed by atoms with Crippen LogP contribution >= 0.6 is 0 Å². The molecule has 0 fully saturated rings. The van der Waals surface area contributed by atoms with Crippen molar-refractivity contribution in [1.82, 2.24) is 5.32 Å². The molecule has 2 amide bonds. The SMILES string of the molecule is CCc1ccccc1NC(=O)C(=O)NC1c2ccccc2CC1O. The first-order valence-corrected chi connectivity index (χ1v) is 8.05. The maximum atomic E-state index is 12.2. The van der Waals surface area contributed by atoms with E-state index in [1.54, 1.807) is 6.07 Å². The molecule has 0 saturated heterocycles. The fourth-order valence-electron chi connectivity index (χ4n) is 3.08. The van der Waals surface area contributed by atoms with Crippen LogP contribution in [0, 0.1) is 0 Å². The molecule has 0 radical (unpaired) electrons. The summed E-state index contributed by atoms with van der Waals surface area (Å²) in [4.78, 5) is 24.4. The number of hydrogen-bond donors (Lipinski definition) is 3. The molecule has 0 heterocycles. The van der Waals surface area contributed by atoms with Crippen LogP contribution < -0.4 is 10.6 Å². The maximum absolute atomic E-state index is 12.2. The highest BCUT2D eigenvalue weighted by atomic mass is 16.3. The molecule has 24 heavy (non-hydrogen) atoms. The number of para-hydroxylation sites is 1. The molecule has 2 aromatic carbocycles. The van der Waals surface area contributed by atoms with E-state index in [4.69, 9.17) is 0 Å². The summed E-state index contributed by atoms with van der Waals surface area (Å²) in [5.74, 6) is -1.48. The normalized spacial score (nSPS) is 18.8. The highest BCUT2D eigenvalue weighted by Crippen LogP contribution is 2.31. The number of anilines is 1. The minimum atomic E-state index is -0.748. The molecule has 0 spiro atoms. The number of carbonyl (C=O) groups is 2. The smallest absolute Gasteiger partial charge is 0.313 e. The number of fused-ring (bicyclic) bond motifs is 1. The second-order valence-electron chi connectivity index (χ2n) is 5.89. The number of rotatable bonds is 3. The maximum Gasteiger partial charge on any atom is 0.313 e. The highest BCUT2D eigenvalue weighted by molar-refractivity contribution is 6.39. The topological polar surface area (TPSA) is 78.4 Å². The lowest BCUT2D eigenvalue weighted by Crippen LogP contribution is -2.40. The van der Waals surface area contributed by atoms with Gasteiger partial charge in [0.1, 0.15) is 0 Å². The first-order valence-electron chi connectivity index (χ1n) is 8.05. The second-order valence-corrected chi connectivity index (χ2v) is 5.89. The lowest BCUT2D eigenvalue weighted by Gasteiger charge is -2.18. The molecule has 5 heteroatoms. The molecule has 0 saturated carbocycles. The number of aliphatic hydroxyl groups is 1. The van der Waals surface area contributed by atoms with Crippen LogP contribution in [-0.4, -0.2) is 23.0 Å². The average Bonchev–Trinajstić information content (AvgIpc) is 2.91. The molecule has 3 N–H and O–H groups in total. The number of aryl methyl sites for hydroxylation is 1. The number of amides is 2. The predicted octanol–water partition coefficient (Wildman–Crippen LogP) is 1.96. The highest BCUT2D eigenvalue weighted by Gasteiger charge is 2.33. The molecule has 2 atom stereocenters. The van der Waals surface area contributed by atoms with Crippen LogP contribution in [-0.2, 0) is 22.4 Å². The van der Waals surface area contributed by atoms with Gasteiger partial charge in [-0.25, -0.2) is 0 Å². The van der Waals surface area contributed by atoms with Gasteiger partial charge in [0.15, 0.2) is 0 Å². The molecular formula is C19H20N2O3.